The Morgan fingerprint density at radius 3 is 1.90 bits per heavy atom. The molecule has 0 unspecified atom stereocenters. The van der Waals surface area contributed by atoms with Gasteiger partial charge in [0.15, 0.2) is 0 Å². The molecule has 152 valence electrons. The first-order valence-electron chi connectivity index (χ1n) is 7.46. The van der Waals surface area contributed by atoms with Gasteiger partial charge in [0.25, 0.3) is 5.69 Å². The van der Waals surface area contributed by atoms with Gasteiger partial charge in [-0.05, 0) is 24.3 Å². The van der Waals surface area contributed by atoms with Crippen molar-refractivity contribution in [1.82, 2.24) is 9.97 Å². The number of nitrogens with one attached hydrogen (secondary N) is 2. The second kappa shape index (κ2) is 10.6. The van der Waals surface area contributed by atoms with Gasteiger partial charge in [0.2, 0.25) is 0 Å². The molecule has 2 aromatic heterocycles. The SMILES string of the molecule is C.N#Cc1c[nH]c2cc(N)ccc12.N#Cc1c[nH]c2cc([N+](=O)[O-])ccc12.[CH3-].[Pd]. The van der Waals surface area contributed by atoms with Gasteiger partial charge in [-0.15, -0.1) is 0 Å². The maximum absolute atomic E-state index is 10.4. The zero-order chi connectivity index (χ0) is 18.7. The van der Waals surface area contributed by atoms with Crippen molar-refractivity contribution in [2.45, 2.75) is 7.43 Å². The summed E-state index contributed by atoms with van der Waals surface area (Å²) in [5, 5.41) is 29.5. The number of nitrogen functional groups attached to an aromatic ring is 1. The van der Waals surface area contributed by atoms with E-state index in [0.717, 1.165) is 10.9 Å². The molecule has 8 nitrogen and oxygen atoms in total. The van der Waals surface area contributed by atoms with Crippen molar-refractivity contribution in [1.29, 1.82) is 10.5 Å². The first-order chi connectivity index (χ1) is 12.5. The van der Waals surface area contributed by atoms with E-state index in [1.165, 1.54) is 18.3 Å². The van der Waals surface area contributed by atoms with E-state index in [2.05, 4.69) is 16.0 Å². The van der Waals surface area contributed by atoms with Gasteiger partial charge >= 0.3 is 0 Å². The topological polar surface area (TPSA) is 148 Å². The number of anilines is 1. The van der Waals surface area contributed by atoms with Gasteiger partial charge in [-0.25, -0.2) is 0 Å². The maximum atomic E-state index is 10.4. The molecular formula is C20H19N6O2Pd-. The minimum absolute atomic E-state index is 0. The number of aromatic amines is 2. The third-order valence-corrected chi connectivity index (χ3v) is 3.82. The van der Waals surface area contributed by atoms with Gasteiger partial charge in [-0.1, -0.05) is 7.43 Å². The van der Waals surface area contributed by atoms with Crippen molar-refractivity contribution in [3.8, 4) is 12.1 Å². The summed E-state index contributed by atoms with van der Waals surface area (Å²) < 4.78 is 0. The second-order valence-electron chi connectivity index (χ2n) is 5.42. The third-order valence-electron chi connectivity index (χ3n) is 3.82. The fourth-order valence-corrected chi connectivity index (χ4v) is 2.56. The number of hydrogen-bond donors (Lipinski definition) is 3. The number of nitro groups is 1. The van der Waals surface area contributed by atoms with Crippen LogP contribution in [-0.4, -0.2) is 14.9 Å². The van der Waals surface area contributed by atoms with E-state index in [1.807, 2.05) is 18.2 Å². The van der Waals surface area contributed by atoms with E-state index in [4.69, 9.17) is 16.3 Å². The molecule has 0 fully saturated rings. The summed E-state index contributed by atoms with van der Waals surface area (Å²) in [6, 6.07) is 13.9. The Morgan fingerprint density at radius 2 is 1.41 bits per heavy atom. The molecule has 4 rings (SSSR count). The zero-order valence-electron chi connectivity index (χ0n) is 14.7. The van der Waals surface area contributed by atoms with Crippen molar-refractivity contribution in [3.63, 3.8) is 0 Å². The van der Waals surface area contributed by atoms with E-state index in [-0.39, 0.29) is 41.0 Å². The van der Waals surface area contributed by atoms with Crippen LogP contribution in [-0.2, 0) is 20.4 Å². The van der Waals surface area contributed by atoms with Crippen molar-refractivity contribution in [2.24, 2.45) is 0 Å². The van der Waals surface area contributed by atoms with Crippen molar-refractivity contribution < 1.29 is 25.3 Å². The van der Waals surface area contributed by atoms with Gasteiger partial charge in [0, 0.05) is 66.9 Å². The van der Waals surface area contributed by atoms with Gasteiger partial charge in [-0.2, -0.15) is 10.5 Å². The number of rotatable bonds is 1. The number of nitriles is 2. The van der Waals surface area contributed by atoms with Crippen LogP contribution >= 0.6 is 0 Å². The van der Waals surface area contributed by atoms with Crippen molar-refractivity contribution >= 4 is 33.2 Å². The zero-order valence-corrected chi connectivity index (χ0v) is 16.2. The van der Waals surface area contributed by atoms with E-state index in [9.17, 15) is 10.1 Å². The molecule has 0 amide bonds. The summed E-state index contributed by atoms with van der Waals surface area (Å²) in [5.41, 5.74) is 8.96. The van der Waals surface area contributed by atoms with Crippen LogP contribution in [0.1, 0.15) is 18.6 Å². The Balaban J connectivity index is 0.000000494. The van der Waals surface area contributed by atoms with E-state index < -0.39 is 4.92 Å². The Labute approximate surface area is 181 Å². The number of nitrogens with two attached hydrogens (primary N) is 1. The summed E-state index contributed by atoms with van der Waals surface area (Å²) in [6.45, 7) is 0. The number of H-pyrrole nitrogens is 2. The predicted octanol–water partition coefficient (Wildman–Crippen LogP) is 4.65. The van der Waals surface area contributed by atoms with Crippen LogP contribution in [0.25, 0.3) is 21.8 Å². The number of non-ortho nitro benzene ring substituents is 1. The molecule has 29 heavy (non-hydrogen) atoms. The summed E-state index contributed by atoms with van der Waals surface area (Å²) >= 11 is 0. The van der Waals surface area contributed by atoms with Gasteiger partial charge in [0.05, 0.1) is 21.6 Å². The van der Waals surface area contributed by atoms with Gasteiger partial charge in [0.1, 0.15) is 12.1 Å². The first kappa shape index (κ1) is 25.4. The standard InChI is InChI=1S/C9H5N3O2.C9H7N3.CH4.CH3.Pd/c10-4-6-5-11-9-3-7(12(13)14)1-2-8(6)9;10-4-6-5-12-9-3-7(11)1-2-8(6)9;;;/h1-3,5,11H;1-3,5,12H,11H2;1H4;1H3;/q;;;-1;. The number of hydrogen-bond acceptors (Lipinski definition) is 5. The van der Waals surface area contributed by atoms with E-state index in [1.54, 1.807) is 18.3 Å². The Morgan fingerprint density at radius 1 is 0.931 bits per heavy atom. The number of benzene rings is 2. The van der Waals surface area contributed by atoms with Gasteiger partial charge < -0.3 is 23.1 Å². The normalized spacial score (nSPS) is 8.90. The maximum Gasteiger partial charge on any atom is 0.271 e. The summed E-state index contributed by atoms with van der Waals surface area (Å²) in [4.78, 5) is 15.8. The summed E-state index contributed by atoms with van der Waals surface area (Å²) in [7, 11) is 0. The number of fused-ring (bicyclic) bond motifs is 2. The fourth-order valence-electron chi connectivity index (χ4n) is 2.56. The largest absolute Gasteiger partial charge is 0.399 e. The summed E-state index contributed by atoms with van der Waals surface area (Å²) in [6.07, 6.45) is 3.22. The molecule has 4 N–H and O–H groups in total. The molecule has 0 aliphatic heterocycles. The minimum Gasteiger partial charge on any atom is -0.399 e. The van der Waals surface area contributed by atoms with Crippen LogP contribution in [0.15, 0.2) is 48.8 Å². The Hall–Kier alpha value is -3.64. The molecule has 2 aromatic carbocycles. The summed E-state index contributed by atoms with van der Waals surface area (Å²) in [5.74, 6) is 0. The molecule has 0 aliphatic rings. The monoisotopic (exact) mass is 481 g/mol. The molecule has 0 atom stereocenters. The van der Waals surface area contributed by atoms with E-state index >= 15 is 0 Å². The fraction of sp³-hybridized carbons (Fsp3) is 0.0500. The quantitative estimate of drug-likeness (QED) is 0.119. The molecular weight excluding hydrogens is 463 g/mol. The molecule has 0 aliphatic carbocycles. The van der Waals surface area contributed by atoms with Crippen LogP contribution in [0.3, 0.4) is 0 Å². The van der Waals surface area contributed by atoms with Crippen LogP contribution in [0.4, 0.5) is 11.4 Å². The molecule has 2 heterocycles. The Bertz CT molecular complexity index is 1210. The van der Waals surface area contributed by atoms with Crippen molar-refractivity contribution in [3.05, 3.63) is 77.5 Å². The molecule has 9 heteroatoms. The Kier molecular flexibility index (Phi) is 9.30. The van der Waals surface area contributed by atoms with Crippen LogP contribution in [0.2, 0.25) is 0 Å². The first-order valence-corrected chi connectivity index (χ1v) is 7.46. The molecule has 0 spiro atoms. The molecule has 0 saturated carbocycles. The third kappa shape index (κ3) is 5.21. The van der Waals surface area contributed by atoms with Crippen LogP contribution in [0.5, 0.6) is 0 Å². The molecule has 4 aromatic rings. The number of nitro benzene ring substituents is 1. The average molecular weight is 482 g/mol. The second-order valence-corrected chi connectivity index (χ2v) is 5.42. The number of aromatic nitrogens is 2. The average Bonchev–Trinajstić information content (AvgIpc) is 3.24. The van der Waals surface area contributed by atoms with Crippen molar-refractivity contribution in [2.75, 3.05) is 5.73 Å². The minimum atomic E-state index is -0.466. The van der Waals surface area contributed by atoms with Gasteiger partial charge in [-0.3, -0.25) is 10.1 Å². The molecule has 0 saturated heterocycles. The van der Waals surface area contributed by atoms with Crippen LogP contribution < -0.4 is 5.73 Å². The molecule has 0 radical (unpaired) electrons. The molecule has 0 bridgehead atoms. The number of nitrogens with zero attached hydrogens (tertiary/aromatic N) is 3. The predicted molar refractivity (Wildman–Crippen MR) is 110 cm³/mol. The van der Waals surface area contributed by atoms with E-state index in [0.29, 0.717) is 27.7 Å². The smallest absolute Gasteiger partial charge is 0.271 e. The van der Waals surface area contributed by atoms with Crippen LogP contribution in [0, 0.1) is 40.2 Å².